The van der Waals surface area contributed by atoms with E-state index >= 15 is 0 Å². The fourth-order valence-corrected chi connectivity index (χ4v) is 0.829. The molecule has 1 aromatic heterocycles. The molecule has 0 aliphatic rings. The topological polar surface area (TPSA) is 56.0 Å². The lowest BCUT2D eigenvalue weighted by molar-refractivity contribution is -0.388. The molecule has 0 N–H and O–H groups in total. The second-order valence-electron chi connectivity index (χ2n) is 1.70. The minimum atomic E-state index is -1.08. The van der Waals surface area contributed by atoms with Crippen LogP contribution < -0.4 is 0 Å². The molecule has 11 heavy (non-hydrogen) atoms. The van der Waals surface area contributed by atoms with Crippen molar-refractivity contribution in [3.05, 3.63) is 32.8 Å². The summed E-state index contributed by atoms with van der Waals surface area (Å²) in [6.45, 7) is 0. The van der Waals surface area contributed by atoms with E-state index in [0.717, 1.165) is 6.07 Å². The summed E-state index contributed by atoms with van der Waals surface area (Å²) < 4.78 is 12.8. The number of halogens is 2. The smallest absolute Gasteiger partial charge is 0.258 e. The zero-order chi connectivity index (χ0) is 8.43. The van der Waals surface area contributed by atoms with Crippen molar-refractivity contribution < 1.29 is 9.31 Å². The minimum Gasteiger partial charge on any atom is -0.258 e. The van der Waals surface area contributed by atoms with Crippen LogP contribution in [-0.2, 0) is 0 Å². The van der Waals surface area contributed by atoms with Crippen molar-refractivity contribution in [3.8, 4) is 0 Å². The number of nitrogens with zero attached hydrogens (tertiary/aromatic N) is 2. The van der Waals surface area contributed by atoms with E-state index in [4.69, 9.17) is 0 Å². The van der Waals surface area contributed by atoms with Crippen molar-refractivity contribution >= 4 is 21.6 Å². The maximum absolute atomic E-state index is 12.5. The van der Waals surface area contributed by atoms with Crippen LogP contribution in [0.3, 0.4) is 0 Å². The van der Waals surface area contributed by atoms with Gasteiger partial charge in [-0.15, -0.1) is 0 Å². The highest BCUT2D eigenvalue weighted by Gasteiger charge is 2.14. The van der Waals surface area contributed by atoms with Gasteiger partial charge in [0.05, 0.1) is 4.92 Å². The molecule has 1 aromatic rings. The minimum absolute atomic E-state index is 0.237. The van der Waals surface area contributed by atoms with Crippen molar-refractivity contribution in [3.63, 3.8) is 0 Å². The highest BCUT2D eigenvalue weighted by atomic mass is 79.9. The molecule has 4 nitrogen and oxygen atoms in total. The van der Waals surface area contributed by atoms with Crippen molar-refractivity contribution in [1.29, 1.82) is 0 Å². The lowest BCUT2D eigenvalue weighted by atomic mass is 10.4. The third kappa shape index (κ3) is 1.70. The number of rotatable bonds is 1. The van der Waals surface area contributed by atoms with E-state index in [1.807, 2.05) is 0 Å². The van der Waals surface area contributed by atoms with Crippen LogP contribution in [0.2, 0.25) is 0 Å². The maximum Gasteiger partial charge on any atom is 0.324 e. The predicted molar refractivity (Wildman–Crippen MR) is 38.5 cm³/mol. The first-order valence-electron chi connectivity index (χ1n) is 2.57. The van der Waals surface area contributed by atoms with Gasteiger partial charge in [-0.1, -0.05) is 0 Å². The van der Waals surface area contributed by atoms with E-state index in [-0.39, 0.29) is 4.60 Å². The van der Waals surface area contributed by atoms with Crippen LogP contribution in [0.1, 0.15) is 0 Å². The summed E-state index contributed by atoms with van der Waals surface area (Å²) in [6.07, 6.45) is 0. The summed E-state index contributed by atoms with van der Waals surface area (Å²) in [5, 5.41) is 10.0. The zero-order valence-corrected chi connectivity index (χ0v) is 6.71. The Labute approximate surface area is 69.3 Å². The Kier molecular flexibility index (Phi) is 2.13. The summed E-state index contributed by atoms with van der Waals surface area (Å²) in [6, 6.07) is 2.35. The summed E-state index contributed by atoms with van der Waals surface area (Å²) in [4.78, 5) is 12.4. The first-order chi connectivity index (χ1) is 5.11. The molecule has 0 radical (unpaired) electrons. The average molecular weight is 221 g/mol. The van der Waals surface area contributed by atoms with Gasteiger partial charge in [0, 0.05) is 6.07 Å². The van der Waals surface area contributed by atoms with E-state index in [9.17, 15) is 14.5 Å². The molecule has 6 heteroatoms. The van der Waals surface area contributed by atoms with Gasteiger partial charge < -0.3 is 0 Å². The molecule has 58 valence electrons. The highest BCUT2D eigenvalue weighted by Crippen LogP contribution is 2.16. The van der Waals surface area contributed by atoms with Gasteiger partial charge in [-0.25, -0.2) is 4.98 Å². The van der Waals surface area contributed by atoms with Crippen LogP contribution in [0.4, 0.5) is 10.1 Å². The van der Waals surface area contributed by atoms with Gasteiger partial charge in [0.1, 0.15) is 4.60 Å². The fraction of sp³-hybridized carbons (Fsp3) is 0. The first kappa shape index (κ1) is 8.06. The molecule has 0 spiro atoms. The van der Waals surface area contributed by atoms with Crippen LogP contribution in [0.15, 0.2) is 16.7 Å². The van der Waals surface area contributed by atoms with Gasteiger partial charge in [-0.2, -0.15) is 4.39 Å². The lowest BCUT2D eigenvalue weighted by Crippen LogP contribution is -1.94. The molecule has 0 aliphatic heterocycles. The normalized spacial score (nSPS) is 9.64. The van der Waals surface area contributed by atoms with E-state index in [1.165, 1.54) is 6.07 Å². The third-order valence-corrected chi connectivity index (χ3v) is 1.43. The Balaban J connectivity index is 3.20. The van der Waals surface area contributed by atoms with Gasteiger partial charge in [-0.05, 0) is 22.0 Å². The van der Waals surface area contributed by atoms with Gasteiger partial charge in [0.2, 0.25) is 0 Å². The van der Waals surface area contributed by atoms with Crippen molar-refractivity contribution in [2.45, 2.75) is 0 Å². The standard InChI is InChI=1S/C5H2BrFN2O2/c6-4-2-1-3(9(10)11)5(7)8-4/h1-2H. The molecule has 0 aliphatic carbocycles. The van der Waals surface area contributed by atoms with Crippen LogP contribution in [0.25, 0.3) is 0 Å². The molecule has 0 aromatic carbocycles. The Hall–Kier alpha value is -1.04. The zero-order valence-electron chi connectivity index (χ0n) is 5.12. The monoisotopic (exact) mass is 220 g/mol. The van der Waals surface area contributed by atoms with Crippen molar-refractivity contribution in [2.75, 3.05) is 0 Å². The third-order valence-electron chi connectivity index (χ3n) is 0.992. The van der Waals surface area contributed by atoms with Crippen LogP contribution >= 0.6 is 15.9 Å². The molecule has 0 amide bonds. The quantitative estimate of drug-likeness (QED) is 0.413. The van der Waals surface area contributed by atoms with Gasteiger partial charge in [-0.3, -0.25) is 10.1 Å². The molecule has 1 heterocycles. The molecule has 0 saturated carbocycles. The lowest BCUT2D eigenvalue weighted by Gasteiger charge is -1.91. The van der Waals surface area contributed by atoms with E-state index in [0.29, 0.717) is 0 Å². The molecular formula is C5H2BrFN2O2. The van der Waals surface area contributed by atoms with E-state index in [2.05, 4.69) is 20.9 Å². The van der Waals surface area contributed by atoms with Crippen LogP contribution in [0.5, 0.6) is 0 Å². The number of hydrogen-bond acceptors (Lipinski definition) is 3. The Morgan fingerprint density at radius 2 is 2.27 bits per heavy atom. The predicted octanol–water partition coefficient (Wildman–Crippen LogP) is 1.89. The summed E-state index contributed by atoms with van der Waals surface area (Å²) in [5.74, 6) is -1.08. The Bertz CT molecular complexity index is 305. The molecule has 0 unspecified atom stereocenters. The summed E-state index contributed by atoms with van der Waals surface area (Å²) >= 11 is 2.87. The van der Waals surface area contributed by atoms with Gasteiger partial charge >= 0.3 is 5.69 Å². The largest absolute Gasteiger partial charge is 0.324 e. The van der Waals surface area contributed by atoms with Gasteiger partial charge in [0.15, 0.2) is 0 Å². The molecule has 0 fully saturated rings. The second kappa shape index (κ2) is 2.91. The number of nitro groups is 1. The fourth-order valence-electron chi connectivity index (χ4n) is 0.541. The van der Waals surface area contributed by atoms with Gasteiger partial charge in [0.25, 0.3) is 5.95 Å². The number of hydrogen-bond donors (Lipinski definition) is 0. The maximum atomic E-state index is 12.5. The molecule has 0 atom stereocenters. The van der Waals surface area contributed by atoms with Crippen LogP contribution in [0, 0.1) is 16.1 Å². The molecule has 1 rings (SSSR count). The second-order valence-corrected chi connectivity index (χ2v) is 2.51. The molecular weight excluding hydrogens is 219 g/mol. The van der Waals surface area contributed by atoms with E-state index < -0.39 is 16.6 Å². The average Bonchev–Trinajstić information content (AvgIpc) is 1.85. The highest BCUT2D eigenvalue weighted by molar-refractivity contribution is 9.10. The van der Waals surface area contributed by atoms with Crippen molar-refractivity contribution in [2.24, 2.45) is 0 Å². The molecule has 0 saturated heterocycles. The first-order valence-corrected chi connectivity index (χ1v) is 3.37. The molecule has 0 bridgehead atoms. The SMILES string of the molecule is O=[N+]([O-])c1ccc(Br)nc1F. The summed E-state index contributed by atoms with van der Waals surface area (Å²) in [7, 11) is 0. The Morgan fingerprint density at radius 3 is 2.73 bits per heavy atom. The number of pyridine rings is 1. The van der Waals surface area contributed by atoms with Crippen molar-refractivity contribution in [1.82, 2.24) is 4.98 Å². The van der Waals surface area contributed by atoms with Crippen LogP contribution in [-0.4, -0.2) is 9.91 Å². The Morgan fingerprint density at radius 1 is 1.64 bits per heavy atom. The number of aromatic nitrogens is 1. The summed E-state index contributed by atoms with van der Waals surface area (Å²) in [5.41, 5.74) is -0.617. The van der Waals surface area contributed by atoms with E-state index in [1.54, 1.807) is 0 Å².